The molecule has 1 saturated heterocycles. The fourth-order valence-electron chi connectivity index (χ4n) is 8.99. The van der Waals surface area contributed by atoms with Gasteiger partial charge in [0.05, 0.1) is 13.2 Å². The van der Waals surface area contributed by atoms with Gasteiger partial charge in [-0.3, -0.25) is 23.8 Å². The van der Waals surface area contributed by atoms with Crippen LogP contribution in [-0.2, 0) is 24.4 Å². The summed E-state index contributed by atoms with van der Waals surface area (Å²) in [6.45, 7) is 0.509. The molecule has 0 spiro atoms. The maximum atomic E-state index is 13.7. The van der Waals surface area contributed by atoms with Crippen molar-refractivity contribution in [3.05, 3.63) is 41.5 Å². The fraction of sp³-hybridized carbons (Fsp3) is 0.729. The van der Waals surface area contributed by atoms with E-state index in [0.29, 0.717) is 32.1 Å². The van der Waals surface area contributed by atoms with E-state index in [2.05, 4.69) is 6.92 Å². The van der Waals surface area contributed by atoms with Gasteiger partial charge in [0, 0.05) is 48.0 Å². The van der Waals surface area contributed by atoms with Gasteiger partial charge in [0.25, 0.3) is 21.9 Å². The summed E-state index contributed by atoms with van der Waals surface area (Å²) in [6.07, 6.45) is 3.09. The van der Waals surface area contributed by atoms with Crippen LogP contribution in [0.5, 0.6) is 0 Å². The van der Waals surface area contributed by atoms with Crippen LogP contribution in [-0.4, -0.2) is 169 Å². The van der Waals surface area contributed by atoms with E-state index in [-0.39, 0.29) is 58.8 Å². The molecular weight excluding hydrogens is 893 g/mol. The van der Waals surface area contributed by atoms with Crippen molar-refractivity contribution in [3.8, 4) is 0 Å². The lowest BCUT2D eigenvalue weighted by Gasteiger charge is -2.42. The molecule has 0 bridgehead atoms. The Kier molecular flexibility index (Phi) is 24.0. The summed E-state index contributed by atoms with van der Waals surface area (Å²) >= 11 is 0. The zero-order chi connectivity index (χ0) is 49.1. The van der Waals surface area contributed by atoms with Crippen molar-refractivity contribution >= 4 is 38.6 Å². The van der Waals surface area contributed by atoms with Gasteiger partial charge in [-0.2, -0.15) is 8.42 Å². The highest BCUT2D eigenvalue weighted by atomic mass is 32.2. The maximum absolute atomic E-state index is 13.7. The van der Waals surface area contributed by atoms with E-state index in [1.807, 2.05) is 0 Å². The van der Waals surface area contributed by atoms with Crippen LogP contribution in [0.15, 0.2) is 35.2 Å². The van der Waals surface area contributed by atoms with E-state index in [9.17, 15) is 68.2 Å². The number of imide groups is 1. The number of rotatable bonds is 33. The third-order valence-corrected chi connectivity index (χ3v) is 13.9. The minimum absolute atomic E-state index is 0.0925. The first-order chi connectivity index (χ1) is 32.1. The number of nitrogens with zero attached hydrogens (tertiary/aromatic N) is 2. The van der Waals surface area contributed by atoms with Crippen molar-refractivity contribution in [1.82, 2.24) is 9.80 Å². The fourth-order valence-corrected chi connectivity index (χ4v) is 9.68. The van der Waals surface area contributed by atoms with Gasteiger partial charge in [-0.05, 0) is 37.5 Å². The first kappa shape index (κ1) is 56.4. The van der Waals surface area contributed by atoms with Crippen LogP contribution in [0.25, 0.3) is 10.8 Å². The van der Waals surface area contributed by atoms with Crippen molar-refractivity contribution in [1.29, 1.82) is 0 Å². The molecule has 9 N–H and O–H groups in total. The third-order valence-electron chi connectivity index (χ3n) is 13.0. The molecule has 1 fully saturated rings. The van der Waals surface area contributed by atoms with Gasteiger partial charge >= 0.3 is 0 Å². The number of unbranched alkanes of at least 4 members (excludes halogenated alkanes) is 17. The Labute approximate surface area is 394 Å². The number of aliphatic hydroxyl groups excluding tert-OH is 8. The summed E-state index contributed by atoms with van der Waals surface area (Å²) in [5.41, 5.74) is 0.342. The molecule has 0 radical (unpaired) electrons. The molecule has 0 unspecified atom stereocenters. The summed E-state index contributed by atoms with van der Waals surface area (Å²) in [5, 5.41) is 83.6. The van der Waals surface area contributed by atoms with Crippen LogP contribution < -0.4 is 0 Å². The Morgan fingerprint density at radius 2 is 1.28 bits per heavy atom. The Bertz CT molecular complexity index is 1930. The summed E-state index contributed by atoms with van der Waals surface area (Å²) in [7, 11) is -4.60. The topological polar surface area (TPSA) is 292 Å². The first-order valence-electron chi connectivity index (χ1n) is 24.3. The zero-order valence-electron chi connectivity index (χ0n) is 38.9. The molecule has 2 aliphatic rings. The molecule has 0 saturated carbocycles. The van der Waals surface area contributed by atoms with Crippen molar-refractivity contribution < 1.29 is 77.7 Å². The molecule has 4 rings (SSSR count). The number of carbonyl (C=O) groups is 3. The number of aliphatic hydroxyl groups is 8. The summed E-state index contributed by atoms with van der Waals surface area (Å²) in [4.78, 5) is 42.6. The number of amides is 3. The highest BCUT2D eigenvalue weighted by Gasteiger charge is 2.47. The van der Waals surface area contributed by atoms with E-state index in [1.165, 1.54) is 80.5 Å². The largest absolute Gasteiger partial charge is 0.394 e. The average molecular weight is 969 g/mol. The lowest BCUT2D eigenvalue weighted by molar-refractivity contribution is -0.327. The molecule has 380 valence electrons. The monoisotopic (exact) mass is 968 g/mol. The maximum Gasteiger partial charge on any atom is 0.295 e. The SMILES string of the molecule is CCCCCCCCCCCCCCCC(=O)N(CCCCCCCCN1C(=O)c2cccc3c(S(=O)(=O)O)ccc(c23)C1=O)C[C@H](O)[C@@H](O)[C@H](O[C@@H]1O[C@H](CO)[C@H](O)[C@H](O)[C@H]1O)[C@H](O)CO. The Hall–Kier alpha value is -3.18. The van der Waals surface area contributed by atoms with Gasteiger partial charge in [0.15, 0.2) is 6.29 Å². The van der Waals surface area contributed by atoms with Crippen LogP contribution in [0.2, 0.25) is 0 Å². The van der Waals surface area contributed by atoms with E-state index >= 15 is 0 Å². The Morgan fingerprint density at radius 3 is 1.85 bits per heavy atom. The highest BCUT2D eigenvalue weighted by molar-refractivity contribution is 7.86. The number of hydrogen-bond acceptors (Lipinski definition) is 15. The smallest absolute Gasteiger partial charge is 0.295 e. The van der Waals surface area contributed by atoms with Gasteiger partial charge in [-0.1, -0.05) is 122 Å². The quantitative estimate of drug-likeness (QED) is 0.0281. The van der Waals surface area contributed by atoms with E-state index in [1.54, 1.807) is 0 Å². The second kappa shape index (κ2) is 28.5. The van der Waals surface area contributed by atoms with Gasteiger partial charge in [-0.15, -0.1) is 0 Å². The van der Waals surface area contributed by atoms with Crippen LogP contribution in [0.4, 0.5) is 0 Å². The summed E-state index contributed by atoms with van der Waals surface area (Å²) < 4.78 is 44.6. The first-order valence-corrected chi connectivity index (χ1v) is 25.8. The second-order valence-electron chi connectivity index (χ2n) is 18.1. The summed E-state index contributed by atoms with van der Waals surface area (Å²) in [5.74, 6) is -1.35. The minimum Gasteiger partial charge on any atom is -0.394 e. The number of carbonyl (C=O) groups excluding carboxylic acids is 3. The molecule has 2 aromatic carbocycles. The molecule has 67 heavy (non-hydrogen) atoms. The van der Waals surface area contributed by atoms with Crippen LogP contribution >= 0.6 is 0 Å². The van der Waals surface area contributed by atoms with Crippen molar-refractivity contribution in [3.63, 3.8) is 0 Å². The Morgan fingerprint density at radius 1 is 0.731 bits per heavy atom. The van der Waals surface area contributed by atoms with E-state index < -0.39 is 90.3 Å². The molecule has 2 heterocycles. The average Bonchev–Trinajstić information content (AvgIpc) is 3.31. The molecule has 19 heteroatoms. The van der Waals surface area contributed by atoms with Crippen molar-refractivity contribution in [2.45, 2.75) is 195 Å². The van der Waals surface area contributed by atoms with Gasteiger partial charge in [0.1, 0.15) is 53.7 Å². The van der Waals surface area contributed by atoms with Crippen molar-refractivity contribution in [2.24, 2.45) is 0 Å². The molecule has 18 nitrogen and oxygen atoms in total. The predicted molar refractivity (Wildman–Crippen MR) is 247 cm³/mol. The zero-order valence-corrected chi connectivity index (χ0v) is 39.8. The van der Waals surface area contributed by atoms with Gasteiger partial charge in [-0.25, -0.2) is 0 Å². The molecule has 2 aromatic rings. The van der Waals surface area contributed by atoms with Crippen molar-refractivity contribution in [2.75, 3.05) is 32.8 Å². The molecule has 9 atom stereocenters. The van der Waals surface area contributed by atoms with Gasteiger partial charge in [0.2, 0.25) is 5.91 Å². The minimum atomic E-state index is -4.60. The van der Waals surface area contributed by atoms with Crippen LogP contribution in [0, 0.1) is 0 Å². The van der Waals surface area contributed by atoms with Crippen LogP contribution in [0.3, 0.4) is 0 Å². The van der Waals surface area contributed by atoms with Crippen LogP contribution in [0.1, 0.15) is 156 Å². The molecule has 2 aliphatic heterocycles. The predicted octanol–water partition coefficient (Wildman–Crippen LogP) is 3.59. The highest BCUT2D eigenvalue weighted by Crippen LogP contribution is 2.34. The lowest BCUT2D eigenvalue weighted by Crippen LogP contribution is -2.61. The number of ether oxygens (including phenoxy) is 2. The molecule has 0 aliphatic carbocycles. The third kappa shape index (κ3) is 16.2. The summed E-state index contributed by atoms with van der Waals surface area (Å²) in [6, 6.07) is 6.92. The Balaban J connectivity index is 1.28. The lowest BCUT2D eigenvalue weighted by atomic mass is 9.94. The number of benzene rings is 2. The second-order valence-corrected chi connectivity index (χ2v) is 19.5. The normalized spacial score (nSPS) is 21.7. The van der Waals surface area contributed by atoms with E-state index in [0.717, 1.165) is 49.5 Å². The van der Waals surface area contributed by atoms with E-state index in [4.69, 9.17) is 9.47 Å². The molecular formula is C48H76N2O16S. The molecule has 3 amide bonds. The van der Waals surface area contributed by atoms with Gasteiger partial charge < -0.3 is 55.2 Å². The standard InChI is InChI=1S/C48H76N2O16S/c1-2-3-4-5-6-7-8-9-10-11-12-15-18-24-39(55)49(29-35(53)41(56)45(36(54)30-51)66-48-44(59)43(58)42(57)37(31-52)65-48)27-19-16-13-14-17-20-28-50-46(60)33-23-21-22-32-38(67(62,63)64)26-25-34(40(32)33)47(50)61/h21-23,25-26,35-37,41-45,48,51-54,56-59H,2-20,24,27-31H2,1H3,(H,62,63,64)/t35-,36+,37+,41+,42-,43-,44+,45+,48-/m0/s1. The number of hydrogen-bond donors (Lipinski definition) is 9. The molecule has 0 aromatic heterocycles.